The van der Waals surface area contributed by atoms with Crippen LogP contribution in [0.3, 0.4) is 0 Å². The first-order valence-corrected chi connectivity index (χ1v) is 5.59. The molecule has 6 nitrogen and oxygen atoms in total. The molecule has 1 heterocycles. The maximum absolute atomic E-state index is 13.2. The lowest BCUT2D eigenvalue weighted by atomic mass is 9.77. The number of aryl methyl sites for hydroxylation is 1. The van der Waals surface area contributed by atoms with Crippen LogP contribution in [-0.2, 0) is 0 Å². The first kappa shape index (κ1) is 14.2. The first-order chi connectivity index (χ1) is 9.38. The highest BCUT2D eigenvalue weighted by molar-refractivity contribution is 6.60. The molecule has 20 heavy (non-hydrogen) atoms. The van der Waals surface area contributed by atoms with Gasteiger partial charge in [-0.3, -0.25) is 0 Å². The maximum Gasteiger partial charge on any atom is 0.489 e. The van der Waals surface area contributed by atoms with Gasteiger partial charge >= 0.3 is 7.12 Å². The van der Waals surface area contributed by atoms with Crippen LogP contribution in [0.1, 0.15) is 11.3 Å². The molecule has 9 heteroatoms. The Bertz CT molecular complexity index is 673. The summed E-state index contributed by atoms with van der Waals surface area (Å²) < 4.78 is 27.5. The van der Waals surface area contributed by atoms with Crippen molar-refractivity contribution in [2.75, 3.05) is 5.73 Å². The minimum atomic E-state index is -1.95. The van der Waals surface area contributed by atoms with Gasteiger partial charge in [0.25, 0.3) is 0 Å². The standard InChI is InChI=1S/C11H11BF2N4O2/c1-6-5-18(11(15)17-6)16-4-7-2-9(13)10(14)3-8(7)12(19)20/h2-5,19-20H,1H3,(H2,15,17). The van der Waals surface area contributed by atoms with Gasteiger partial charge in [-0.2, -0.15) is 5.10 Å². The van der Waals surface area contributed by atoms with E-state index in [-0.39, 0.29) is 17.0 Å². The van der Waals surface area contributed by atoms with Crippen LogP contribution in [0.25, 0.3) is 0 Å². The van der Waals surface area contributed by atoms with E-state index < -0.39 is 18.8 Å². The fraction of sp³-hybridized carbons (Fsp3) is 0.0909. The summed E-state index contributed by atoms with van der Waals surface area (Å²) in [4.78, 5) is 3.91. The highest BCUT2D eigenvalue weighted by Gasteiger charge is 2.18. The lowest BCUT2D eigenvalue weighted by Gasteiger charge is -2.05. The Morgan fingerprint density at radius 2 is 2.00 bits per heavy atom. The van der Waals surface area contributed by atoms with Gasteiger partial charge in [0.2, 0.25) is 5.95 Å². The number of hydrogen-bond donors (Lipinski definition) is 3. The number of nitrogens with zero attached hydrogens (tertiary/aromatic N) is 3. The molecular weight excluding hydrogens is 269 g/mol. The van der Waals surface area contributed by atoms with Crippen molar-refractivity contribution in [3.05, 3.63) is 41.2 Å². The van der Waals surface area contributed by atoms with Crippen LogP contribution in [0.15, 0.2) is 23.4 Å². The van der Waals surface area contributed by atoms with Crippen molar-refractivity contribution < 1.29 is 18.8 Å². The van der Waals surface area contributed by atoms with E-state index in [0.717, 1.165) is 12.3 Å². The molecule has 0 aliphatic rings. The summed E-state index contributed by atoms with van der Waals surface area (Å²) in [7, 11) is -1.95. The van der Waals surface area contributed by atoms with Gasteiger partial charge in [0.1, 0.15) is 0 Å². The molecule has 104 valence electrons. The van der Waals surface area contributed by atoms with Crippen LogP contribution in [0.5, 0.6) is 0 Å². The number of nitrogens with two attached hydrogens (primary N) is 1. The Hall–Kier alpha value is -2.26. The summed E-state index contributed by atoms with van der Waals surface area (Å²) >= 11 is 0. The molecule has 1 aromatic heterocycles. The number of imidazole rings is 1. The van der Waals surface area contributed by atoms with Crippen LogP contribution in [0, 0.1) is 18.6 Å². The zero-order valence-electron chi connectivity index (χ0n) is 10.5. The van der Waals surface area contributed by atoms with Crippen molar-refractivity contribution in [3.63, 3.8) is 0 Å². The third-order valence-corrected chi connectivity index (χ3v) is 2.56. The van der Waals surface area contributed by atoms with Crippen molar-refractivity contribution in [3.8, 4) is 0 Å². The largest absolute Gasteiger partial charge is 0.489 e. The van der Waals surface area contributed by atoms with E-state index in [4.69, 9.17) is 15.8 Å². The van der Waals surface area contributed by atoms with E-state index in [1.54, 1.807) is 6.92 Å². The first-order valence-electron chi connectivity index (χ1n) is 5.59. The Kier molecular flexibility index (Phi) is 3.82. The maximum atomic E-state index is 13.2. The summed E-state index contributed by atoms with van der Waals surface area (Å²) in [5.41, 5.74) is 6.01. The van der Waals surface area contributed by atoms with Crippen molar-refractivity contribution >= 4 is 24.7 Å². The molecule has 0 atom stereocenters. The summed E-state index contributed by atoms with van der Waals surface area (Å²) in [6.07, 6.45) is 2.66. The highest BCUT2D eigenvalue weighted by Crippen LogP contribution is 2.07. The third kappa shape index (κ3) is 2.84. The van der Waals surface area contributed by atoms with E-state index in [9.17, 15) is 8.78 Å². The smallest absolute Gasteiger partial charge is 0.423 e. The lowest BCUT2D eigenvalue weighted by Crippen LogP contribution is -2.33. The number of benzene rings is 1. The Morgan fingerprint density at radius 3 is 2.55 bits per heavy atom. The molecule has 0 unspecified atom stereocenters. The van der Waals surface area contributed by atoms with Gasteiger partial charge in [0.15, 0.2) is 11.6 Å². The molecule has 0 saturated carbocycles. The molecule has 0 aliphatic carbocycles. The monoisotopic (exact) mass is 280 g/mol. The summed E-state index contributed by atoms with van der Waals surface area (Å²) in [6.45, 7) is 1.71. The van der Waals surface area contributed by atoms with Crippen LogP contribution >= 0.6 is 0 Å². The Balaban J connectivity index is 2.42. The molecule has 0 aliphatic heterocycles. The Labute approximate surface area is 113 Å². The number of nitrogen functional groups attached to an aromatic ring is 1. The van der Waals surface area contributed by atoms with E-state index in [0.29, 0.717) is 11.8 Å². The molecule has 0 saturated heterocycles. The van der Waals surface area contributed by atoms with E-state index in [1.807, 2.05) is 0 Å². The quantitative estimate of drug-likeness (QED) is 0.527. The second-order valence-electron chi connectivity index (χ2n) is 4.10. The molecule has 4 N–H and O–H groups in total. The molecule has 0 bridgehead atoms. The SMILES string of the molecule is Cc1cn(N=Cc2cc(F)c(F)cc2B(O)O)c(N)n1. The van der Waals surface area contributed by atoms with E-state index in [2.05, 4.69) is 10.1 Å². The fourth-order valence-electron chi connectivity index (χ4n) is 1.63. The third-order valence-electron chi connectivity index (χ3n) is 2.56. The van der Waals surface area contributed by atoms with E-state index in [1.165, 1.54) is 10.9 Å². The molecule has 2 rings (SSSR count). The van der Waals surface area contributed by atoms with Gasteiger partial charge in [-0.25, -0.2) is 18.4 Å². The van der Waals surface area contributed by atoms with Crippen LogP contribution in [-0.4, -0.2) is 33.0 Å². The minimum Gasteiger partial charge on any atom is -0.423 e. The molecule has 0 spiro atoms. The minimum absolute atomic E-state index is 0.0182. The molecule has 0 radical (unpaired) electrons. The predicted molar refractivity (Wildman–Crippen MR) is 70.6 cm³/mol. The number of rotatable bonds is 3. The molecule has 0 fully saturated rings. The molecule has 1 aromatic carbocycles. The van der Waals surface area contributed by atoms with Gasteiger partial charge in [0.05, 0.1) is 18.1 Å². The van der Waals surface area contributed by atoms with Gasteiger partial charge in [-0.05, 0) is 30.1 Å². The second kappa shape index (κ2) is 5.39. The van der Waals surface area contributed by atoms with Gasteiger partial charge in [-0.1, -0.05) is 0 Å². The Morgan fingerprint density at radius 1 is 1.35 bits per heavy atom. The number of anilines is 1. The average Bonchev–Trinajstić information content (AvgIpc) is 2.68. The molecule has 0 amide bonds. The topological polar surface area (TPSA) is 96.7 Å². The summed E-state index contributed by atoms with van der Waals surface area (Å²) in [5, 5.41) is 22.2. The van der Waals surface area contributed by atoms with Crippen molar-refractivity contribution in [2.24, 2.45) is 5.10 Å². The average molecular weight is 280 g/mol. The highest BCUT2D eigenvalue weighted by atomic mass is 19.2. The van der Waals surface area contributed by atoms with Gasteiger partial charge in [0, 0.05) is 0 Å². The second-order valence-corrected chi connectivity index (χ2v) is 4.10. The number of halogens is 2. The lowest BCUT2D eigenvalue weighted by molar-refractivity contribution is 0.425. The summed E-state index contributed by atoms with van der Waals surface area (Å²) in [5.74, 6) is -2.18. The summed E-state index contributed by atoms with van der Waals surface area (Å²) in [6, 6.07) is 1.51. The molecule has 2 aromatic rings. The van der Waals surface area contributed by atoms with Crippen LogP contribution < -0.4 is 11.2 Å². The zero-order valence-corrected chi connectivity index (χ0v) is 10.5. The van der Waals surface area contributed by atoms with Crippen LogP contribution in [0.2, 0.25) is 0 Å². The van der Waals surface area contributed by atoms with Crippen molar-refractivity contribution in [1.82, 2.24) is 9.66 Å². The zero-order chi connectivity index (χ0) is 14.9. The number of aromatic nitrogens is 2. The predicted octanol–water partition coefficient (Wildman–Crippen LogP) is -0.386. The molecular formula is C11H11BF2N4O2. The normalized spacial score (nSPS) is 11.2. The van der Waals surface area contributed by atoms with Crippen LogP contribution in [0.4, 0.5) is 14.7 Å². The van der Waals surface area contributed by atoms with Gasteiger partial charge in [-0.15, -0.1) is 0 Å². The van der Waals surface area contributed by atoms with Gasteiger partial charge < -0.3 is 15.8 Å². The number of hydrogen-bond acceptors (Lipinski definition) is 5. The van der Waals surface area contributed by atoms with Crippen molar-refractivity contribution in [2.45, 2.75) is 6.92 Å². The fourth-order valence-corrected chi connectivity index (χ4v) is 1.63. The van der Waals surface area contributed by atoms with E-state index >= 15 is 0 Å². The van der Waals surface area contributed by atoms with Crippen molar-refractivity contribution in [1.29, 1.82) is 0 Å².